The number of nitrogens with zero attached hydrogens (tertiary/aromatic N) is 1. The summed E-state index contributed by atoms with van der Waals surface area (Å²) in [6.45, 7) is 0. The molecule has 1 aliphatic rings. The Hall–Kier alpha value is -3.08. The Morgan fingerprint density at radius 2 is 1.96 bits per heavy atom. The molecule has 0 spiro atoms. The van der Waals surface area contributed by atoms with Crippen molar-refractivity contribution in [3.8, 4) is 0 Å². The molecule has 1 saturated carbocycles. The average molecular weight is 364 g/mol. The molecule has 0 unspecified atom stereocenters. The van der Waals surface area contributed by atoms with Crippen LogP contribution < -0.4 is 5.32 Å². The molecule has 5 heteroatoms. The van der Waals surface area contributed by atoms with Gasteiger partial charge in [0, 0.05) is 36.5 Å². The zero-order chi connectivity index (χ0) is 18.8. The van der Waals surface area contributed by atoms with E-state index < -0.39 is 11.6 Å². The van der Waals surface area contributed by atoms with Crippen LogP contribution in [0.3, 0.4) is 0 Å². The van der Waals surface area contributed by atoms with Gasteiger partial charge >= 0.3 is 0 Å². The summed E-state index contributed by atoms with van der Waals surface area (Å²) in [6.07, 6.45) is 4.75. The molecule has 1 fully saturated rings. The number of rotatable bonds is 5. The molecular weight excluding hydrogens is 346 g/mol. The Balaban J connectivity index is 1.46. The predicted octanol–water partition coefficient (Wildman–Crippen LogP) is 4.69. The molecule has 0 bridgehead atoms. The molecule has 0 radical (unpaired) electrons. The normalized spacial score (nSPS) is 18.1. The lowest BCUT2D eigenvalue weighted by atomic mass is 10.0. The lowest BCUT2D eigenvalue weighted by Crippen LogP contribution is -2.16. The minimum absolute atomic E-state index is 0.137. The van der Waals surface area contributed by atoms with Crippen molar-refractivity contribution >= 4 is 11.6 Å². The fraction of sp³-hybridized carbons (Fsp3) is 0.182. The maximum atomic E-state index is 13.9. The number of hydrogen-bond donors (Lipinski definition) is 1. The SMILES string of the molecule is O=C(Nc1ccccc1Cc1cccnc1)[C@@H]1C[C@@H]1c1ccc(F)cc1F. The van der Waals surface area contributed by atoms with Gasteiger partial charge in [0.1, 0.15) is 11.6 Å². The van der Waals surface area contributed by atoms with Gasteiger partial charge in [0.15, 0.2) is 0 Å². The van der Waals surface area contributed by atoms with Crippen LogP contribution in [0, 0.1) is 17.6 Å². The molecule has 3 aromatic rings. The second kappa shape index (κ2) is 7.27. The summed E-state index contributed by atoms with van der Waals surface area (Å²) in [4.78, 5) is 16.7. The number of nitrogens with one attached hydrogen (secondary N) is 1. The van der Waals surface area contributed by atoms with Crippen molar-refractivity contribution in [2.45, 2.75) is 18.8 Å². The predicted molar refractivity (Wildman–Crippen MR) is 99.3 cm³/mol. The highest BCUT2D eigenvalue weighted by Crippen LogP contribution is 2.49. The molecule has 1 amide bonds. The highest BCUT2D eigenvalue weighted by atomic mass is 19.1. The summed E-state index contributed by atoms with van der Waals surface area (Å²) in [7, 11) is 0. The maximum Gasteiger partial charge on any atom is 0.228 e. The number of halogens is 2. The maximum absolute atomic E-state index is 13.9. The summed E-state index contributed by atoms with van der Waals surface area (Å²) >= 11 is 0. The van der Waals surface area contributed by atoms with Gasteiger partial charge in [-0.3, -0.25) is 9.78 Å². The smallest absolute Gasteiger partial charge is 0.228 e. The van der Waals surface area contributed by atoms with Crippen LogP contribution in [0.25, 0.3) is 0 Å². The molecule has 2 atom stereocenters. The fourth-order valence-electron chi connectivity index (χ4n) is 3.38. The molecule has 1 aliphatic carbocycles. The highest BCUT2D eigenvalue weighted by Gasteiger charge is 2.45. The number of hydrogen-bond acceptors (Lipinski definition) is 2. The number of amides is 1. The highest BCUT2D eigenvalue weighted by molar-refractivity contribution is 5.95. The van der Waals surface area contributed by atoms with Crippen molar-refractivity contribution in [3.63, 3.8) is 0 Å². The summed E-state index contributed by atoms with van der Waals surface area (Å²) in [5, 5.41) is 2.97. The second-order valence-electron chi connectivity index (χ2n) is 6.80. The first-order valence-electron chi connectivity index (χ1n) is 8.84. The van der Waals surface area contributed by atoms with Crippen molar-refractivity contribution < 1.29 is 13.6 Å². The Morgan fingerprint density at radius 1 is 1.11 bits per heavy atom. The molecule has 2 aromatic carbocycles. The van der Waals surface area contributed by atoms with E-state index in [1.807, 2.05) is 36.4 Å². The lowest BCUT2D eigenvalue weighted by Gasteiger charge is -2.11. The van der Waals surface area contributed by atoms with Crippen molar-refractivity contribution in [1.29, 1.82) is 0 Å². The van der Waals surface area contributed by atoms with Crippen LogP contribution in [0.2, 0.25) is 0 Å². The number of aromatic nitrogens is 1. The molecule has 3 nitrogen and oxygen atoms in total. The summed E-state index contributed by atoms with van der Waals surface area (Å²) < 4.78 is 27.0. The van der Waals surface area contributed by atoms with E-state index in [9.17, 15) is 13.6 Å². The van der Waals surface area contributed by atoms with E-state index in [2.05, 4.69) is 10.3 Å². The first-order valence-corrected chi connectivity index (χ1v) is 8.84. The van der Waals surface area contributed by atoms with Gasteiger partial charge in [-0.05, 0) is 47.2 Å². The minimum Gasteiger partial charge on any atom is -0.326 e. The molecule has 1 aromatic heterocycles. The topological polar surface area (TPSA) is 42.0 Å². The van der Waals surface area contributed by atoms with Crippen LogP contribution in [0.15, 0.2) is 67.0 Å². The van der Waals surface area contributed by atoms with Crippen LogP contribution in [0.4, 0.5) is 14.5 Å². The third-order valence-electron chi connectivity index (χ3n) is 4.88. The number of benzene rings is 2. The molecule has 0 aliphatic heterocycles. The van der Waals surface area contributed by atoms with E-state index in [0.29, 0.717) is 18.4 Å². The van der Waals surface area contributed by atoms with Crippen molar-refractivity contribution in [2.24, 2.45) is 5.92 Å². The quantitative estimate of drug-likeness (QED) is 0.713. The van der Waals surface area contributed by atoms with Gasteiger partial charge < -0.3 is 5.32 Å². The van der Waals surface area contributed by atoms with E-state index in [0.717, 1.165) is 22.9 Å². The van der Waals surface area contributed by atoms with Crippen LogP contribution >= 0.6 is 0 Å². The van der Waals surface area contributed by atoms with E-state index in [4.69, 9.17) is 0 Å². The third-order valence-corrected chi connectivity index (χ3v) is 4.88. The Kier molecular flexibility index (Phi) is 4.67. The van der Waals surface area contributed by atoms with Gasteiger partial charge in [0.25, 0.3) is 0 Å². The van der Waals surface area contributed by atoms with Crippen LogP contribution in [0.1, 0.15) is 29.0 Å². The van der Waals surface area contributed by atoms with Gasteiger partial charge in [-0.25, -0.2) is 8.78 Å². The van der Waals surface area contributed by atoms with E-state index in [-0.39, 0.29) is 17.7 Å². The first kappa shape index (κ1) is 17.3. The minimum atomic E-state index is -0.609. The van der Waals surface area contributed by atoms with Crippen molar-refractivity contribution in [1.82, 2.24) is 4.98 Å². The molecule has 136 valence electrons. The number of carbonyl (C=O) groups excluding carboxylic acids is 1. The summed E-state index contributed by atoms with van der Waals surface area (Å²) in [5.74, 6) is -1.83. The monoisotopic (exact) mass is 364 g/mol. The van der Waals surface area contributed by atoms with E-state index >= 15 is 0 Å². The van der Waals surface area contributed by atoms with Gasteiger partial charge in [-0.1, -0.05) is 30.3 Å². The second-order valence-corrected chi connectivity index (χ2v) is 6.80. The standard InChI is InChI=1S/C22H18F2N2O/c23-16-7-8-17(20(24)11-16)18-12-19(18)22(27)26-21-6-2-1-5-15(21)10-14-4-3-9-25-13-14/h1-9,11,13,18-19H,10,12H2,(H,26,27)/t18-,19-/m1/s1. The van der Waals surface area contributed by atoms with Gasteiger partial charge in [0.2, 0.25) is 5.91 Å². The zero-order valence-electron chi connectivity index (χ0n) is 14.5. The van der Waals surface area contributed by atoms with Crippen LogP contribution in [-0.2, 0) is 11.2 Å². The number of anilines is 1. The Bertz CT molecular complexity index is 975. The van der Waals surface area contributed by atoms with Crippen LogP contribution in [0.5, 0.6) is 0 Å². The molecule has 27 heavy (non-hydrogen) atoms. The molecule has 1 heterocycles. The first-order chi connectivity index (χ1) is 13.1. The zero-order valence-corrected chi connectivity index (χ0v) is 14.5. The number of carbonyl (C=O) groups is 1. The number of pyridine rings is 1. The fourth-order valence-corrected chi connectivity index (χ4v) is 3.38. The Morgan fingerprint density at radius 3 is 2.74 bits per heavy atom. The van der Waals surface area contributed by atoms with E-state index in [1.165, 1.54) is 12.1 Å². The molecule has 1 N–H and O–H groups in total. The molecule has 4 rings (SSSR count). The van der Waals surface area contributed by atoms with Gasteiger partial charge in [0.05, 0.1) is 0 Å². The van der Waals surface area contributed by atoms with Gasteiger partial charge in [-0.2, -0.15) is 0 Å². The third kappa shape index (κ3) is 3.87. The largest absolute Gasteiger partial charge is 0.326 e. The summed E-state index contributed by atoms with van der Waals surface area (Å²) in [5.41, 5.74) is 3.19. The van der Waals surface area contributed by atoms with E-state index in [1.54, 1.807) is 12.4 Å². The molecular formula is C22H18F2N2O. The number of para-hydroxylation sites is 1. The molecule has 0 saturated heterocycles. The summed E-state index contributed by atoms with van der Waals surface area (Å²) in [6, 6.07) is 15.0. The van der Waals surface area contributed by atoms with Crippen molar-refractivity contribution in [2.75, 3.05) is 5.32 Å². The lowest BCUT2D eigenvalue weighted by molar-refractivity contribution is -0.117. The van der Waals surface area contributed by atoms with Gasteiger partial charge in [-0.15, -0.1) is 0 Å². The average Bonchev–Trinajstić information content (AvgIpc) is 3.45. The Labute approximate surface area is 156 Å². The van der Waals surface area contributed by atoms with Crippen molar-refractivity contribution in [3.05, 3.63) is 95.3 Å². The van der Waals surface area contributed by atoms with Crippen LogP contribution in [-0.4, -0.2) is 10.9 Å².